The normalized spacial score (nSPS) is 10.3. The quantitative estimate of drug-likeness (QED) is 0.641. The van der Waals surface area contributed by atoms with Gasteiger partial charge < -0.3 is 5.73 Å². The van der Waals surface area contributed by atoms with Crippen molar-refractivity contribution in [3.8, 4) is 0 Å². The van der Waals surface area contributed by atoms with E-state index in [0.29, 0.717) is 5.13 Å². The highest BCUT2D eigenvalue weighted by molar-refractivity contribution is 9.09. The van der Waals surface area contributed by atoms with Crippen molar-refractivity contribution >= 4 is 32.4 Å². The number of hydrogen-bond acceptors (Lipinski definition) is 4. The summed E-state index contributed by atoms with van der Waals surface area (Å²) in [5, 5.41) is 10.3. The molecule has 3 nitrogen and oxygen atoms in total. The first-order valence-corrected chi connectivity index (χ1v) is 5.40. The van der Waals surface area contributed by atoms with Gasteiger partial charge in [0, 0.05) is 11.8 Å². The van der Waals surface area contributed by atoms with Crippen LogP contribution in [-0.4, -0.2) is 15.5 Å². The number of anilines is 1. The number of nitrogens with two attached hydrogens (primary N) is 1. The first-order valence-electron chi connectivity index (χ1n) is 3.46. The topological polar surface area (TPSA) is 51.8 Å². The Balaban J connectivity index is 2.27. The average molecular weight is 236 g/mol. The van der Waals surface area contributed by atoms with Crippen LogP contribution in [0.3, 0.4) is 0 Å². The van der Waals surface area contributed by atoms with Crippen molar-refractivity contribution in [3.05, 3.63) is 5.01 Å². The fourth-order valence-electron chi connectivity index (χ4n) is 0.738. The van der Waals surface area contributed by atoms with Crippen LogP contribution in [0.4, 0.5) is 5.13 Å². The van der Waals surface area contributed by atoms with Gasteiger partial charge in [-0.25, -0.2) is 0 Å². The van der Waals surface area contributed by atoms with Gasteiger partial charge >= 0.3 is 0 Å². The van der Waals surface area contributed by atoms with Gasteiger partial charge in [0.05, 0.1) is 0 Å². The molecule has 0 atom stereocenters. The number of unbranched alkanes of at least 4 members (excludes halogenated alkanes) is 1. The highest BCUT2D eigenvalue weighted by Crippen LogP contribution is 2.13. The van der Waals surface area contributed by atoms with Gasteiger partial charge in [0.2, 0.25) is 5.13 Å². The van der Waals surface area contributed by atoms with Crippen molar-refractivity contribution in [1.29, 1.82) is 0 Å². The summed E-state index contributed by atoms with van der Waals surface area (Å²) in [6.45, 7) is 0. The van der Waals surface area contributed by atoms with E-state index in [1.807, 2.05) is 0 Å². The van der Waals surface area contributed by atoms with E-state index in [1.54, 1.807) is 0 Å². The number of alkyl halides is 1. The maximum atomic E-state index is 5.42. The van der Waals surface area contributed by atoms with E-state index in [4.69, 9.17) is 5.73 Å². The van der Waals surface area contributed by atoms with Crippen molar-refractivity contribution in [2.45, 2.75) is 19.3 Å². The molecule has 0 aliphatic rings. The highest BCUT2D eigenvalue weighted by Gasteiger charge is 1.99. The van der Waals surface area contributed by atoms with Gasteiger partial charge in [0.15, 0.2) is 0 Å². The molecule has 0 aromatic carbocycles. The van der Waals surface area contributed by atoms with Crippen LogP contribution in [-0.2, 0) is 6.42 Å². The van der Waals surface area contributed by atoms with E-state index in [9.17, 15) is 0 Å². The lowest BCUT2D eigenvalue weighted by atomic mass is 10.3. The molecule has 62 valence electrons. The maximum Gasteiger partial charge on any atom is 0.203 e. The lowest BCUT2D eigenvalue weighted by molar-refractivity contribution is 0.789. The third kappa shape index (κ3) is 3.16. The molecule has 1 aromatic rings. The minimum atomic E-state index is 0.568. The second kappa shape index (κ2) is 4.66. The lowest BCUT2D eigenvalue weighted by Gasteiger charge is -1.90. The first-order chi connectivity index (χ1) is 5.33. The zero-order valence-corrected chi connectivity index (χ0v) is 8.49. The third-order valence-corrected chi connectivity index (χ3v) is 2.63. The molecule has 2 N–H and O–H groups in total. The number of rotatable bonds is 4. The van der Waals surface area contributed by atoms with E-state index in [1.165, 1.54) is 17.8 Å². The second-order valence-corrected chi connectivity index (χ2v) is 4.07. The predicted molar refractivity (Wildman–Crippen MR) is 51.1 cm³/mol. The van der Waals surface area contributed by atoms with Gasteiger partial charge in [-0.3, -0.25) is 0 Å². The Morgan fingerprint density at radius 1 is 1.36 bits per heavy atom. The summed E-state index contributed by atoms with van der Waals surface area (Å²) in [7, 11) is 0. The molecular formula is C6H10BrN3S. The molecule has 0 aliphatic carbocycles. The Morgan fingerprint density at radius 3 is 2.73 bits per heavy atom. The van der Waals surface area contributed by atoms with E-state index in [2.05, 4.69) is 26.1 Å². The molecule has 0 amide bonds. The Bertz CT molecular complexity index is 213. The van der Waals surface area contributed by atoms with E-state index in [0.717, 1.165) is 23.2 Å². The largest absolute Gasteiger partial charge is 0.374 e. The van der Waals surface area contributed by atoms with Gasteiger partial charge in [-0.05, 0) is 12.8 Å². The molecule has 0 unspecified atom stereocenters. The number of nitrogen functional groups attached to an aromatic ring is 1. The van der Waals surface area contributed by atoms with Crippen molar-refractivity contribution in [2.24, 2.45) is 0 Å². The van der Waals surface area contributed by atoms with Crippen LogP contribution in [0, 0.1) is 0 Å². The number of hydrogen-bond donors (Lipinski definition) is 1. The summed E-state index contributed by atoms with van der Waals surface area (Å²) >= 11 is 4.85. The molecule has 0 saturated carbocycles. The van der Waals surface area contributed by atoms with Crippen LogP contribution < -0.4 is 5.73 Å². The van der Waals surface area contributed by atoms with Crippen LogP contribution in [0.25, 0.3) is 0 Å². The smallest absolute Gasteiger partial charge is 0.203 e. The average Bonchev–Trinajstić information content (AvgIpc) is 2.37. The number of halogens is 1. The molecule has 0 saturated heterocycles. The zero-order valence-electron chi connectivity index (χ0n) is 6.09. The Labute approximate surface area is 78.1 Å². The summed E-state index contributed by atoms with van der Waals surface area (Å²) in [5.74, 6) is 0. The first kappa shape index (κ1) is 8.93. The van der Waals surface area contributed by atoms with Crippen LogP contribution in [0.1, 0.15) is 17.8 Å². The predicted octanol–water partition coefficient (Wildman–Crippen LogP) is 1.84. The molecule has 1 aromatic heterocycles. The summed E-state index contributed by atoms with van der Waals surface area (Å²) < 4.78 is 0. The number of nitrogens with zero attached hydrogens (tertiary/aromatic N) is 2. The summed E-state index contributed by atoms with van der Waals surface area (Å²) in [6.07, 6.45) is 3.33. The fraction of sp³-hybridized carbons (Fsp3) is 0.667. The second-order valence-electron chi connectivity index (χ2n) is 2.18. The molecule has 0 aliphatic heterocycles. The van der Waals surface area contributed by atoms with Crippen molar-refractivity contribution in [3.63, 3.8) is 0 Å². The molecule has 5 heteroatoms. The molecule has 1 heterocycles. The zero-order chi connectivity index (χ0) is 8.10. The molecule has 0 bridgehead atoms. The van der Waals surface area contributed by atoms with Crippen molar-refractivity contribution in [2.75, 3.05) is 11.1 Å². The van der Waals surface area contributed by atoms with Crippen LogP contribution in [0.5, 0.6) is 0 Å². The van der Waals surface area contributed by atoms with E-state index in [-0.39, 0.29) is 0 Å². The summed E-state index contributed by atoms with van der Waals surface area (Å²) in [5.41, 5.74) is 5.42. The van der Waals surface area contributed by atoms with Gasteiger partial charge in [-0.1, -0.05) is 27.3 Å². The Hall–Kier alpha value is -0.160. The van der Waals surface area contributed by atoms with Crippen LogP contribution in [0.15, 0.2) is 0 Å². The SMILES string of the molecule is Nc1nnc(CCCCBr)s1. The van der Waals surface area contributed by atoms with Crippen molar-refractivity contribution < 1.29 is 0 Å². The van der Waals surface area contributed by atoms with Crippen LogP contribution >= 0.6 is 27.3 Å². The fourth-order valence-corrected chi connectivity index (χ4v) is 1.79. The molecule has 1 rings (SSSR count). The minimum absolute atomic E-state index is 0.568. The van der Waals surface area contributed by atoms with E-state index >= 15 is 0 Å². The molecule has 11 heavy (non-hydrogen) atoms. The van der Waals surface area contributed by atoms with Gasteiger partial charge in [-0.15, -0.1) is 10.2 Å². The minimum Gasteiger partial charge on any atom is -0.374 e. The lowest BCUT2D eigenvalue weighted by Crippen LogP contribution is -1.84. The molecule has 0 fully saturated rings. The number of aromatic nitrogens is 2. The Morgan fingerprint density at radius 2 is 2.18 bits per heavy atom. The van der Waals surface area contributed by atoms with Gasteiger partial charge in [0.25, 0.3) is 0 Å². The standard InChI is InChI=1S/C6H10BrN3S/c7-4-2-1-3-5-9-10-6(8)11-5/h1-4H2,(H2,8,10). The maximum absolute atomic E-state index is 5.42. The Kier molecular flexibility index (Phi) is 3.79. The molecule has 0 spiro atoms. The summed E-state index contributed by atoms with van der Waals surface area (Å²) in [6, 6.07) is 0. The third-order valence-electron chi connectivity index (χ3n) is 1.26. The van der Waals surface area contributed by atoms with Crippen molar-refractivity contribution in [1.82, 2.24) is 10.2 Å². The summed E-state index contributed by atoms with van der Waals surface area (Å²) in [4.78, 5) is 0. The van der Waals surface area contributed by atoms with Gasteiger partial charge in [0.1, 0.15) is 5.01 Å². The van der Waals surface area contributed by atoms with E-state index < -0.39 is 0 Å². The molecule has 0 radical (unpaired) electrons. The highest BCUT2D eigenvalue weighted by atomic mass is 79.9. The molecular weight excluding hydrogens is 226 g/mol. The van der Waals surface area contributed by atoms with Gasteiger partial charge in [-0.2, -0.15) is 0 Å². The number of aryl methyl sites for hydroxylation is 1. The van der Waals surface area contributed by atoms with Crippen LogP contribution in [0.2, 0.25) is 0 Å². The monoisotopic (exact) mass is 235 g/mol.